The Balaban J connectivity index is 1.89. The molecule has 7 heteroatoms. The summed E-state index contributed by atoms with van der Waals surface area (Å²) in [5, 5.41) is 11.7. The van der Waals surface area contributed by atoms with Gasteiger partial charge in [-0.05, 0) is 12.8 Å². The number of carboxylic acids is 1. The lowest BCUT2D eigenvalue weighted by Gasteiger charge is -2.21. The predicted octanol–water partition coefficient (Wildman–Crippen LogP) is 0.902. The third-order valence-corrected chi connectivity index (χ3v) is 3.48. The third kappa shape index (κ3) is 2.73. The number of carboxylic acid groups (broad SMARTS) is 1. The van der Waals surface area contributed by atoms with E-state index in [9.17, 15) is 9.59 Å². The SMILES string of the molecule is O=C(O)[C@@H]1CCCN1C(=O)NCc1cncs1. The van der Waals surface area contributed by atoms with Crippen molar-refractivity contribution in [2.75, 3.05) is 6.54 Å². The summed E-state index contributed by atoms with van der Waals surface area (Å²) in [6, 6.07) is -1.00. The molecule has 0 aliphatic carbocycles. The van der Waals surface area contributed by atoms with E-state index in [1.54, 1.807) is 11.7 Å². The lowest BCUT2D eigenvalue weighted by molar-refractivity contribution is -0.141. The maximum absolute atomic E-state index is 11.8. The molecule has 0 unspecified atom stereocenters. The van der Waals surface area contributed by atoms with Gasteiger partial charge in [0.1, 0.15) is 6.04 Å². The highest BCUT2D eigenvalue weighted by Crippen LogP contribution is 2.17. The predicted molar refractivity (Wildman–Crippen MR) is 61.7 cm³/mol. The first-order chi connectivity index (χ1) is 8.18. The molecule has 2 N–H and O–H groups in total. The maximum Gasteiger partial charge on any atom is 0.326 e. The largest absolute Gasteiger partial charge is 0.480 e. The third-order valence-electron chi connectivity index (χ3n) is 2.70. The van der Waals surface area contributed by atoms with Crippen LogP contribution in [0.4, 0.5) is 4.79 Å². The molecule has 0 aromatic carbocycles. The van der Waals surface area contributed by atoms with Crippen molar-refractivity contribution >= 4 is 23.3 Å². The van der Waals surface area contributed by atoms with Crippen LogP contribution in [0.1, 0.15) is 17.7 Å². The normalized spacial score (nSPS) is 19.3. The van der Waals surface area contributed by atoms with Crippen LogP contribution in [-0.4, -0.2) is 39.6 Å². The first kappa shape index (κ1) is 11.8. The van der Waals surface area contributed by atoms with Crippen LogP contribution in [0.3, 0.4) is 0 Å². The number of hydrogen-bond donors (Lipinski definition) is 2. The molecular weight excluding hydrogens is 242 g/mol. The number of rotatable bonds is 3. The summed E-state index contributed by atoms with van der Waals surface area (Å²) >= 11 is 1.45. The van der Waals surface area contributed by atoms with E-state index in [-0.39, 0.29) is 6.03 Å². The molecule has 1 aromatic heterocycles. The number of urea groups is 1. The number of likely N-dealkylation sites (tertiary alicyclic amines) is 1. The molecule has 0 spiro atoms. The number of aromatic nitrogens is 1. The van der Waals surface area contributed by atoms with Crippen molar-refractivity contribution in [3.63, 3.8) is 0 Å². The van der Waals surface area contributed by atoms with Crippen LogP contribution < -0.4 is 5.32 Å². The minimum absolute atomic E-state index is 0.316. The number of amides is 2. The van der Waals surface area contributed by atoms with E-state index in [4.69, 9.17) is 5.11 Å². The van der Waals surface area contributed by atoms with Crippen molar-refractivity contribution < 1.29 is 14.7 Å². The Morgan fingerprint density at radius 1 is 1.65 bits per heavy atom. The molecule has 1 fully saturated rings. The zero-order valence-electron chi connectivity index (χ0n) is 9.13. The van der Waals surface area contributed by atoms with Crippen LogP contribution in [0.25, 0.3) is 0 Å². The second-order valence-electron chi connectivity index (χ2n) is 3.82. The molecule has 1 aliphatic rings. The van der Waals surface area contributed by atoms with Crippen LogP contribution in [0, 0.1) is 0 Å². The van der Waals surface area contributed by atoms with E-state index in [0.29, 0.717) is 19.5 Å². The van der Waals surface area contributed by atoms with Gasteiger partial charge in [-0.2, -0.15) is 0 Å². The second kappa shape index (κ2) is 5.13. The Bertz CT molecular complexity index is 407. The van der Waals surface area contributed by atoms with E-state index in [0.717, 1.165) is 11.3 Å². The monoisotopic (exact) mass is 255 g/mol. The molecule has 0 radical (unpaired) electrons. The molecule has 1 aliphatic heterocycles. The Hall–Kier alpha value is -1.63. The number of carbonyl (C=O) groups excluding carboxylic acids is 1. The van der Waals surface area contributed by atoms with E-state index >= 15 is 0 Å². The average molecular weight is 255 g/mol. The number of nitrogens with zero attached hydrogens (tertiary/aromatic N) is 2. The summed E-state index contributed by atoms with van der Waals surface area (Å²) in [5.74, 6) is -0.935. The molecule has 1 atom stereocenters. The molecule has 17 heavy (non-hydrogen) atoms. The van der Waals surface area contributed by atoms with Crippen molar-refractivity contribution in [3.8, 4) is 0 Å². The molecule has 6 nitrogen and oxygen atoms in total. The second-order valence-corrected chi connectivity index (χ2v) is 4.79. The summed E-state index contributed by atoms with van der Waals surface area (Å²) in [6.07, 6.45) is 2.96. The molecule has 0 saturated carbocycles. The van der Waals surface area contributed by atoms with Crippen LogP contribution >= 0.6 is 11.3 Å². The number of carbonyl (C=O) groups is 2. The van der Waals surface area contributed by atoms with E-state index < -0.39 is 12.0 Å². The number of hydrogen-bond acceptors (Lipinski definition) is 4. The average Bonchev–Trinajstić information content (AvgIpc) is 2.96. The Kier molecular flexibility index (Phi) is 3.58. The molecule has 0 bridgehead atoms. The molecule has 2 heterocycles. The quantitative estimate of drug-likeness (QED) is 0.840. The number of nitrogens with one attached hydrogen (secondary N) is 1. The van der Waals surface area contributed by atoms with E-state index in [2.05, 4.69) is 10.3 Å². The van der Waals surface area contributed by atoms with Gasteiger partial charge < -0.3 is 15.3 Å². The zero-order chi connectivity index (χ0) is 12.3. The first-order valence-electron chi connectivity index (χ1n) is 5.33. The van der Waals surface area contributed by atoms with Crippen LogP contribution in [0.2, 0.25) is 0 Å². The summed E-state index contributed by atoms with van der Waals surface area (Å²) < 4.78 is 0. The van der Waals surface area contributed by atoms with Gasteiger partial charge in [-0.3, -0.25) is 4.98 Å². The Morgan fingerprint density at radius 2 is 2.47 bits per heavy atom. The molecule has 1 saturated heterocycles. The highest BCUT2D eigenvalue weighted by Gasteiger charge is 2.33. The van der Waals surface area contributed by atoms with Gasteiger partial charge in [0.05, 0.1) is 12.1 Å². The van der Waals surface area contributed by atoms with Gasteiger partial charge in [-0.15, -0.1) is 11.3 Å². The molecule has 2 rings (SSSR count). The summed E-state index contributed by atoms with van der Waals surface area (Å²) in [4.78, 5) is 28.9. The first-order valence-corrected chi connectivity index (χ1v) is 6.21. The van der Waals surface area contributed by atoms with Gasteiger partial charge in [0.2, 0.25) is 0 Å². The summed E-state index contributed by atoms with van der Waals surface area (Å²) in [6.45, 7) is 0.901. The summed E-state index contributed by atoms with van der Waals surface area (Å²) in [7, 11) is 0. The lowest BCUT2D eigenvalue weighted by Crippen LogP contribution is -2.45. The highest BCUT2D eigenvalue weighted by molar-refractivity contribution is 7.09. The van der Waals surface area contributed by atoms with Gasteiger partial charge in [0.25, 0.3) is 0 Å². The van der Waals surface area contributed by atoms with Crippen molar-refractivity contribution in [3.05, 3.63) is 16.6 Å². The van der Waals surface area contributed by atoms with E-state index in [1.807, 2.05) is 0 Å². The Morgan fingerprint density at radius 3 is 3.12 bits per heavy atom. The lowest BCUT2D eigenvalue weighted by atomic mass is 10.2. The molecule has 1 aromatic rings. The van der Waals surface area contributed by atoms with Crippen molar-refractivity contribution in [2.45, 2.75) is 25.4 Å². The minimum atomic E-state index is -0.935. The number of thiazole rings is 1. The molecular formula is C10H13N3O3S. The van der Waals surface area contributed by atoms with Crippen LogP contribution in [0.5, 0.6) is 0 Å². The highest BCUT2D eigenvalue weighted by atomic mass is 32.1. The smallest absolute Gasteiger partial charge is 0.326 e. The summed E-state index contributed by atoms with van der Waals surface area (Å²) in [5.41, 5.74) is 1.69. The van der Waals surface area contributed by atoms with Crippen molar-refractivity contribution in [1.82, 2.24) is 15.2 Å². The minimum Gasteiger partial charge on any atom is -0.480 e. The fourth-order valence-corrected chi connectivity index (χ4v) is 2.39. The fraction of sp³-hybridized carbons (Fsp3) is 0.500. The van der Waals surface area contributed by atoms with Crippen LogP contribution in [-0.2, 0) is 11.3 Å². The fourth-order valence-electron chi connectivity index (χ4n) is 1.86. The standard InChI is InChI=1S/C10H13N3O3S/c14-9(15)8-2-1-3-13(8)10(16)12-5-7-4-11-6-17-7/h4,6,8H,1-3,5H2,(H,12,16)(H,14,15)/t8-/m0/s1. The van der Waals surface area contributed by atoms with E-state index in [1.165, 1.54) is 16.2 Å². The maximum atomic E-state index is 11.8. The van der Waals surface area contributed by atoms with Gasteiger partial charge in [-0.1, -0.05) is 0 Å². The van der Waals surface area contributed by atoms with Gasteiger partial charge in [0.15, 0.2) is 0 Å². The topological polar surface area (TPSA) is 82.5 Å². The van der Waals surface area contributed by atoms with Crippen molar-refractivity contribution in [2.24, 2.45) is 0 Å². The van der Waals surface area contributed by atoms with Gasteiger partial charge in [-0.25, -0.2) is 9.59 Å². The van der Waals surface area contributed by atoms with Gasteiger partial charge in [0, 0.05) is 17.6 Å². The zero-order valence-corrected chi connectivity index (χ0v) is 9.94. The molecule has 92 valence electrons. The van der Waals surface area contributed by atoms with Crippen LogP contribution in [0.15, 0.2) is 11.7 Å². The molecule has 2 amide bonds. The Labute approximate surface area is 102 Å². The van der Waals surface area contributed by atoms with Gasteiger partial charge >= 0.3 is 12.0 Å². The number of aliphatic carboxylic acids is 1. The van der Waals surface area contributed by atoms with Crippen molar-refractivity contribution in [1.29, 1.82) is 0 Å².